The first-order chi connectivity index (χ1) is 10.1. The van der Waals surface area contributed by atoms with E-state index in [0.717, 1.165) is 12.5 Å². The maximum Gasteiger partial charge on any atom is 0.0331 e. The number of nitrogens with one attached hydrogen (secondary N) is 1. The Morgan fingerprint density at radius 1 is 1.14 bits per heavy atom. The van der Waals surface area contributed by atoms with Gasteiger partial charge in [0.05, 0.1) is 0 Å². The van der Waals surface area contributed by atoms with Gasteiger partial charge in [0.25, 0.3) is 0 Å². The lowest BCUT2D eigenvalue weighted by molar-refractivity contribution is 0.315. The van der Waals surface area contributed by atoms with Crippen molar-refractivity contribution in [2.24, 2.45) is 5.92 Å². The van der Waals surface area contributed by atoms with Crippen LogP contribution in [0, 0.1) is 12.8 Å². The van der Waals surface area contributed by atoms with Crippen LogP contribution in [0.25, 0.3) is 0 Å². The predicted molar refractivity (Wildman–Crippen MR) is 98.8 cm³/mol. The van der Waals surface area contributed by atoms with Crippen molar-refractivity contribution in [3.8, 4) is 0 Å². The molecule has 1 unspecified atom stereocenters. The van der Waals surface area contributed by atoms with Gasteiger partial charge in [0.1, 0.15) is 0 Å². The lowest BCUT2D eigenvalue weighted by Gasteiger charge is -2.26. The maximum atomic E-state index is 3.76. The summed E-state index contributed by atoms with van der Waals surface area (Å²) in [7, 11) is 0. The number of rotatable bonds is 6. The Balaban J connectivity index is 2.05. The molecule has 1 fully saturated rings. The zero-order valence-corrected chi connectivity index (χ0v) is 16.4. The highest BCUT2D eigenvalue weighted by Gasteiger charge is 2.19. The molecule has 1 aromatic carbocycles. The Morgan fingerprint density at radius 2 is 1.86 bits per heavy atom. The van der Waals surface area contributed by atoms with Crippen LogP contribution in [-0.4, -0.2) is 6.54 Å². The van der Waals surface area contributed by atoms with Crippen LogP contribution in [0.4, 0.5) is 0 Å². The van der Waals surface area contributed by atoms with E-state index in [1.807, 2.05) is 0 Å². The summed E-state index contributed by atoms with van der Waals surface area (Å²) in [6.07, 6.45) is 9.81. The molecule has 1 aromatic rings. The van der Waals surface area contributed by atoms with Gasteiger partial charge in [-0.25, -0.2) is 0 Å². The van der Waals surface area contributed by atoms with Crippen molar-refractivity contribution in [3.63, 3.8) is 0 Å². The van der Waals surface area contributed by atoms with E-state index in [0.29, 0.717) is 6.04 Å². The molecule has 0 aliphatic heterocycles. The summed E-state index contributed by atoms with van der Waals surface area (Å²) in [6.45, 7) is 5.36. The van der Waals surface area contributed by atoms with Gasteiger partial charge < -0.3 is 5.32 Å². The first-order valence-corrected chi connectivity index (χ1v) is 9.89. The molecule has 3 heteroatoms. The highest BCUT2D eigenvalue weighted by atomic mass is 79.9. The highest BCUT2D eigenvalue weighted by molar-refractivity contribution is 9.11. The second-order valence-corrected chi connectivity index (χ2v) is 8.02. The van der Waals surface area contributed by atoms with Crippen LogP contribution in [0.5, 0.6) is 0 Å². The monoisotopic (exact) mass is 415 g/mol. The van der Waals surface area contributed by atoms with Crippen LogP contribution in [0.2, 0.25) is 0 Å². The van der Waals surface area contributed by atoms with Crippen LogP contribution < -0.4 is 5.32 Å². The topological polar surface area (TPSA) is 12.0 Å². The Labute approximate surface area is 146 Å². The second kappa shape index (κ2) is 8.69. The van der Waals surface area contributed by atoms with E-state index in [1.54, 1.807) is 0 Å². The molecule has 1 aliphatic rings. The first kappa shape index (κ1) is 17.5. The van der Waals surface area contributed by atoms with Crippen molar-refractivity contribution in [1.29, 1.82) is 0 Å². The van der Waals surface area contributed by atoms with Gasteiger partial charge in [0.2, 0.25) is 0 Å². The number of hydrogen-bond acceptors (Lipinski definition) is 1. The van der Waals surface area contributed by atoms with Crippen molar-refractivity contribution in [2.45, 2.75) is 64.8 Å². The van der Waals surface area contributed by atoms with Gasteiger partial charge in [-0.2, -0.15) is 0 Å². The van der Waals surface area contributed by atoms with E-state index >= 15 is 0 Å². The van der Waals surface area contributed by atoms with Crippen molar-refractivity contribution < 1.29 is 0 Å². The molecule has 21 heavy (non-hydrogen) atoms. The van der Waals surface area contributed by atoms with Crippen molar-refractivity contribution in [2.75, 3.05) is 6.54 Å². The summed E-state index contributed by atoms with van der Waals surface area (Å²) in [5, 5.41) is 3.68. The van der Waals surface area contributed by atoms with Crippen LogP contribution in [0.1, 0.15) is 69.0 Å². The fourth-order valence-electron chi connectivity index (χ4n) is 3.42. The third-order valence-corrected chi connectivity index (χ3v) is 6.23. The summed E-state index contributed by atoms with van der Waals surface area (Å²) in [4.78, 5) is 0. The van der Waals surface area contributed by atoms with Gasteiger partial charge in [-0.15, -0.1) is 0 Å². The molecule has 0 amide bonds. The molecule has 0 radical (unpaired) electrons. The standard InChI is InChI=1S/C18H27Br2N/c1-3-21-18(10-9-14-7-5-4-6-8-14)15-12-16(19)13(2)11-17(15)20/h11-12,14,18,21H,3-10H2,1-2H3. The van der Waals surface area contributed by atoms with Crippen molar-refractivity contribution in [3.05, 3.63) is 32.2 Å². The first-order valence-electron chi connectivity index (χ1n) is 8.30. The van der Waals surface area contributed by atoms with Crippen LogP contribution in [0.3, 0.4) is 0 Å². The predicted octanol–water partition coefficient (Wildman–Crippen LogP) is 6.53. The van der Waals surface area contributed by atoms with Gasteiger partial charge in [0.15, 0.2) is 0 Å². The fraction of sp³-hybridized carbons (Fsp3) is 0.667. The molecule has 2 rings (SSSR count). The summed E-state index contributed by atoms with van der Waals surface area (Å²) in [5.74, 6) is 0.951. The van der Waals surface area contributed by atoms with Gasteiger partial charge >= 0.3 is 0 Å². The summed E-state index contributed by atoms with van der Waals surface area (Å²) >= 11 is 7.44. The van der Waals surface area contributed by atoms with Crippen molar-refractivity contribution >= 4 is 31.9 Å². The van der Waals surface area contributed by atoms with E-state index in [9.17, 15) is 0 Å². The molecule has 118 valence electrons. The molecule has 1 saturated carbocycles. The Morgan fingerprint density at radius 3 is 2.52 bits per heavy atom. The SMILES string of the molecule is CCNC(CCC1CCCCC1)c1cc(Br)c(C)cc1Br. The smallest absolute Gasteiger partial charge is 0.0331 e. The number of hydrogen-bond donors (Lipinski definition) is 1. The number of benzene rings is 1. The minimum Gasteiger partial charge on any atom is -0.310 e. The molecule has 1 N–H and O–H groups in total. The molecule has 1 atom stereocenters. The highest BCUT2D eigenvalue weighted by Crippen LogP contribution is 2.34. The lowest BCUT2D eigenvalue weighted by Crippen LogP contribution is -2.22. The maximum absolute atomic E-state index is 3.76. The normalized spacial score (nSPS) is 17.9. The van der Waals surface area contributed by atoms with Crippen molar-refractivity contribution in [1.82, 2.24) is 5.32 Å². The van der Waals surface area contributed by atoms with E-state index in [-0.39, 0.29) is 0 Å². The third-order valence-electron chi connectivity index (χ3n) is 4.69. The summed E-state index contributed by atoms with van der Waals surface area (Å²) in [5.41, 5.74) is 2.68. The molecular formula is C18H27Br2N. The van der Waals surface area contributed by atoms with E-state index < -0.39 is 0 Å². The fourth-order valence-corrected chi connectivity index (χ4v) is 4.52. The molecule has 1 nitrogen and oxygen atoms in total. The largest absolute Gasteiger partial charge is 0.310 e. The molecular weight excluding hydrogens is 390 g/mol. The van der Waals surface area contributed by atoms with E-state index in [2.05, 4.69) is 63.2 Å². The Hall–Kier alpha value is 0.140. The minimum atomic E-state index is 0.461. The Bertz CT molecular complexity index is 453. The van der Waals surface area contributed by atoms with E-state index in [4.69, 9.17) is 0 Å². The third kappa shape index (κ3) is 5.07. The number of halogens is 2. The zero-order chi connectivity index (χ0) is 15.2. The summed E-state index contributed by atoms with van der Waals surface area (Å²) in [6, 6.07) is 4.97. The molecule has 0 heterocycles. The van der Waals surface area contributed by atoms with Gasteiger partial charge in [-0.3, -0.25) is 0 Å². The average molecular weight is 417 g/mol. The average Bonchev–Trinajstić information content (AvgIpc) is 2.48. The second-order valence-electron chi connectivity index (χ2n) is 6.31. The number of aryl methyl sites for hydroxylation is 1. The molecule has 0 saturated heterocycles. The molecule has 0 spiro atoms. The molecule has 0 bridgehead atoms. The Kier molecular flexibility index (Phi) is 7.24. The lowest BCUT2D eigenvalue weighted by atomic mass is 9.84. The quantitative estimate of drug-likeness (QED) is 0.555. The van der Waals surface area contributed by atoms with Crippen LogP contribution in [-0.2, 0) is 0 Å². The van der Waals surface area contributed by atoms with Gasteiger partial charge in [-0.1, -0.05) is 70.9 Å². The molecule has 0 aromatic heterocycles. The summed E-state index contributed by atoms with van der Waals surface area (Å²) < 4.78 is 2.44. The van der Waals surface area contributed by atoms with E-state index in [1.165, 1.54) is 65.0 Å². The van der Waals surface area contributed by atoms with Gasteiger partial charge in [0, 0.05) is 15.0 Å². The van der Waals surface area contributed by atoms with Gasteiger partial charge in [-0.05, 0) is 55.5 Å². The minimum absolute atomic E-state index is 0.461. The van der Waals surface area contributed by atoms with Crippen LogP contribution >= 0.6 is 31.9 Å². The molecule has 1 aliphatic carbocycles. The van der Waals surface area contributed by atoms with Crippen LogP contribution in [0.15, 0.2) is 21.1 Å². The zero-order valence-electron chi connectivity index (χ0n) is 13.2.